The molecule has 1 atom stereocenters. The molecule has 0 bridgehead atoms. The van der Waals surface area contributed by atoms with E-state index in [1.54, 1.807) is 19.2 Å². The van der Waals surface area contributed by atoms with Gasteiger partial charge in [0.15, 0.2) is 5.84 Å². The Bertz CT molecular complexity index is 500. The fraction of sp³-hybridized carbons (Fsp3) is 0.429. The van der Waals surface area contributed by atoms with Crippen LogP contribution in [0.1, 0.15) is 35.7 Å². The first-order valence-electron chi connectivity index (χ1n) is 6.46. The molecule has 0 aromatic heterocycles. The van der Waals surface area contributed by atoms with Crippen molar-refractivity contribution in [2.45, 2.75) is 32.7 Å². The average molecular weight is 279 g/mol. The molecule has 0 heterocycles. The maximum Gasteiger partial charge on any atom is 0.252 e. The minimum Gasteiger partial charge on any atom is -0.496 e. The number of oxime groups is 1. The molecule has 0 aliphatic rings. The van der Waals surface area contributed by atoms with Crippen LogP contribution < -0.4 is 15.8 Å². The monoisotopic (exact) mass is 279 g/mol. The predicted molar refractivity (Wildman–Crippen MR) is 77.3 cm³/mol. The zero-order chi connectivity index (χ0) is 15.1. The number of amidine groups is 1. The maximum absolute atomic E-state index is 12.2. The number of rotatable bonds is 6. The van der Waals surface area contributed by atoms with Gasteiger partial charge < -0.3 is 21.0 Å². The van der Waals surface area contributed by atoms with Gasteiger partial charge in [-0.1, -0.05) is 24.6 Å². The lowest BCUT2D eigenvalue weighted by Gasteiger charge is -2.17. The molecule has 1 amide bonds. The minimum atomic E-state index is -0.482. The van der Waals surface area contributed by atoms with E-state index in [0.717, 1.165) is 12.0 Å². The van der Waals surface area contributed by atoms with Crippen molar-refractivity contribution in [2.75, 3.05) is 7.11 Å². The number of benzene rings is 1. The van der Waals surface area contributed by atoms with Crippen LogP contribution in [0.4, 0.5) is 0 Å². The molecule has 0 fully saturated rings. The van der Waals surface area contributed by atoms with E-state index in [1.165, 1.54) is 0 Å². The number of hydrogen-bond donors (Lipinski definition) is 3. The summed E-state index contributed by atoms with van der Waals surface area (Å²) in [6, 6.07) is 4.71. The molecule has 1 rings (SSSR count). The van der Waals surface area contributed by atoms with Gasteiger partial charge in [0, 0.05) is 5.56 Å². The van der Waals surface area contributed by atoms with Crippen LogP contribution in [0.2, 0.25) is 0 Å². The topological polar surface area (TPSA) is 96.9 Å². The van der Waals surface area contributed by atoms with Gasteiger partial charge in [0.05, 0.1) is 13.2 Å². The number of ether oxygens (including phenoxy) is 1. The molecule has 110 valence electrons. The van der Waals surface area contributed by atoms with Crippen molar-refractivity contribution >= 4 is 11.7 Å². The molecule has 6 nitrogen and oxygen atoms in total. The highest BCUT2D eigenvalue weighted by atomic mass is 16.5. The Hall–Kier alpha value is -2.24. The summed E-state index contributed by atoms with van der Waals surface area (Å²) in [6.07, 6.45) is 1.41. The van der Waals surface area contributed by atoms with Crippen LogP contribution in [0.25, 0.3) is 0 Å². The van der Waals surface area contributed by atoms with Gasteiger partial charge >= 0.3 is 0 Å². The molecule has 0 radical (unpaired) electrons. The van der Waals surface area contributed by atoms with Gasteiger partial charge in [-0.25, -0.2) is 0 Å². The summed E-state index contributed by atoms with van der Waals surface area (Å²) in [6.45, 7) is 3.86. The van der Waals surface area contributed by atoms with Crippen LogP contribution in [-0.4, -0.2) is 30.1 Å². The molecule has 1 unspecified atom stereocenters. The quantitative estimate of drug-likeness (QED) is 0.319. The second-order valence-corrected chi connectivity index (χ2v) is 4.52. The summed E-state index contributed by atoms with van der Waals surface area (Å²) >= 11 is 0. The molecule has 6 heteroatoms. The lowest BCUT2D eigenvalue weighted by atomic mass is 10.1. The third-order valence-electron chi connectivity index (χ3n) is 3.03. The first-order chi connectivity index (χ1) is 9.53. The van der Waals surface area contributed by atoms with Crippen LogP contribution in [0.5, 0.6) is 5.75 Å². The van der Waals surface area contributed by atoms with Gasteiger partial charge in [-0.3, -0.25) is 4.79 Å². The Balaban J connectivity index is 2.89. The Kier molecular flexibility index (Phi) is 5.83. The van der Waals surface area contributed by atoms with E-state index >= 15 is 0 Å². The zero-order valence-electron chi connectivity index (χ0n) is 12.0. The third kappa shape index (κ3) is 3.88. The van der Waals surface area contributed by atoms with Crippen molar-refractivity contribution in [2.24, 2.45) is 10.9 Å². The summed E-state index contributed by atoms with van der Waals surface area (Å²) in [4.78, 5) is 12.2. The molecule has 1 aromatic rings. The summed E-state index contributed by atoms with van der Waals surface area (Å²) in [5.41, 5.74) is 6.99. The fourth-order valence-electron chi connectivity index (χ4n) is 1.86. The number of nitrogens with one attached hydrogen (secondary N) is 1. The highest BCUT2D eigenvalue weighted by Gasteiger charge is 2.17. The average Bonchev–Trinajstić information content (AvgIpc) is 2.46. The summed E-state index contributed by atoms with van der Waals surface area (Å²) in [5.74, 6) is 0.362. The molecular formula is C14H21N3O3. The van der Waals surface area contributed by atoms with Crippen molar-refractivity contribution in [3.05, 3.63) is 29.3 Å². The fourth-order valence-corrected chi connectivity index (χ4v) is 1.86. The van der Waals surface area contributed by atoms with Crippen molar-refractivity contribution in [1.29, 1.82) is 0 Å². The molecular weight excluding hydrogens is 258 g/mol. The number of amides is 1. The van der Waals surface area contributed by atoms with Gasteiger partial charge in [0.1, 0.15) is 5.75 Å². The standard InChI is InChI=1S/C14H21N3O3/c1-4-5-11(13(15)17-19)16-14(18)10-7-6-9(2)12(8-10)20-3/h6-8,11,19H,4-5H2,1-3H3,(H2,15,17)(H,16,18). The van der Waals surface area contributed by atoms with Gasteiger partial charge in [-0.15, -0.1) is 0 Å². The number of hydrogen-bond acceptors (Lipinski definition) is 4. The normalized spacial score (nSPS) is 12.8. The van der Waals surface area contributed by atoms with Crippen LogP contribution >= 0.6 is 0 Å². The first kappa shape index (κ1) is 15.8. The Labute approximate surface area is 118 Å². The predicted octanol–water partition coefficient (Wildman–Crippen LogP) is 1.65. The number of methoxy groups -OCH3 is 1. The SMILES string of the molecule is CCCC(NC(=O)c1ccc(C)c(OC)c1)/C(N)=N/O. The van der Waals surface area contributed by atoms with Crippen LogP contribution in [-0.2, 0) is 0 Å². The highest BCUT2D eigenvalue weighted by molar-refractivity contribution is 5.98. The van der Waals surface area contributed by atoms with Crippen LogP contribution in [0.3, 0.4) is 0 Å². The molecule has 20 heavy (non-hydrogen) atoms. The van der Waals surface area contributed by atoms with E-state index in [-0.39, 0.29) is 11.7 Å². The van der Waals surface area contributed by atoms with Gasteiger partial charge in [-0.2, -0.15) is 0 Å². The number of aryl methyl sites for hydroxylation is 1. The summed E-state index contributed by atoms with van der Waals surface area (Å²) < 4.78 is 5.19. The second-order valence-electron chi connectivity index (χ2n) is 4.52. The van der Waals surface area contributed by atoms with E-state index in [4.69, 9.17) is 15.7 Å². The van der Waals surface area contributed by atoms with Crippen molar-refractivity contribution in [3.63, 3.8) is 0 Å². The molecule has 0 aliphatic carbocycles. The molecule has 1 aromatic carbocycles. The number of carbonyl (C=O) groups excluding carboxylic acids is 1. The second kappa shape index (κ2) is 7.37. The lowest BCUT2D eigenvalue weighted by molar-refractivity contribution is 0.0944. The van der Waals surface area contributed by atoms with E-state index in [2.05, 4.69) is 10.5 Å². The third-order valence-corrected chi connectivity index (χ3v) is 3.03. The van der Waals surface area contributed by atoms with Gasteiger partial charge in [-0.05, 0) is 31.0 Å². The largest absolute Gasteiger partial charge is 0.496 e. The van der Waals surface area contributed by atoms with Gasteiger partial charge in [0.2, 0.25) is 0 Å². The minimum absolute atomic E-state index is 0.000670. The van der Waals surface area contributed by atoms with E-state index in [9.17, 15) is 4.79 Å². The molecule has 0 saturated heterocycles. The van der Waals surface area contributed by atoms with E-state index in [0.29, 0.717) is 17.7 Å². The molecule has 0 aliphatic heterocycles. The maximum atomic E-state index is 12.2. The van der Waals surface area contributed by atoms with Crippen LogP contribution in [0, 0.1) is 6.92 Å². The van der Waals surface area contributed by atoms with Crippen molar-refractivity contribution in [3.8, 4) is 5.75 Å². The smallest absolute Gasteiger partial charge is 0.252 e. The number of nitrogens with two attached hydrogens (primary N) is 1. The highest BCUT2D eigenvalue weighted by Crippen LogP contribution is 2.19. The van der Waals surface area contributed by atoms with E-state index < -0.39 is 6.04 Å². The summed E-state index contributed by atoms with van der Waals surface area (Å²) in [5, 5.41) is 14.4. The first-order valence-corrected chi connectivity index (χ1v) is 6.46. The molecule has 0 spiro atoms. The summed E-state index contributed by atoms with van der Waals surface area (Å²) in [7, 11) is 1.56. The molecule has 0 saturated carbocycles. The number of carbonyl (C=O) groups is 1. The zero-order valence-corrected chi connectivity index (χ0v) is 12.0. The van der Waals surface area contributed by atoms with Crippen LogP contribution in [0.15, 0.2) is 23.4 Å². The lowest BCUT2D eigenvalue weighted by Crippen LogP contribution is -2.44. The Morgan fingerprint density at radius 2 is 2.25 bits per heavy atom. The van der Waals surface area contributed by atoms with Crippen molar-refractivity contribution in [1.82, 2.24) is 5.32 Å². The van der Waals surface area contributed by atoms with E-state index in [1.807, 2.05) is 19.9 Å². The Morgan fingerprint density at radius 1 is 1.55 bits per heavy atom. The van der Waals surface area contributed by atoms with Crippen molar-refractivity contribution < 1.29 is 14.7 Å². The number of nitrogens with zero attached hydrogens (tertiary/aromatic N) is 1. The van der Waals surface area contributed by atoms with Gasteiger partial charge in [0.25, 0.3) is 5.91 Å². The molecule has 4 N–H and O–H groups in total. The Morgan fingerprint density at radius 3 is 2.80 bits per heavy atom.